The molecule has 48 valence electrons. The van der Waals surface area contributed by atoms with Crippen molar-refractivity contribution in [2.24, 2.45) is 0 Å². The summed E-state index contributed by atoms with van der Waals surface area (Å²) in [5.41, 5.74) is -0.0864. The molecule has 0 bridgehead atoms. The average molecular weight is 147 g/mol. The van der Waals surface area contributed by atoms with E-state index in [-0.39, 0.29) is 10.8 Å². The summed E-state index contributed by atoms with van der Waals surface area (Å²) in [6.07, 6.45) is 1.42. The fourth-order valence-electron chi connectivity index (χ4n) is 0.482. The number of halogens is 1. The number of H-pyrrole nitrogens is 1. The van der Waals surface area contributed by atoms with Crippen molar-refractivity contribution in [1.82, 2.24) is 4.98 Å². The van der Waals surface area contributed by atoms with E-state index in [1.165, 1.54) is 12.3 Å². The molecule has 5 heteroatoms. The highest BCUT2D eigenvalue weighted by atomic mass is 35.5. The van der Waals surface area contributed by atoms with E-state index in [4.69, 9.17) is 11.6 Å². The third kappa shape index (κ3) is 1.02. The van der Waals surface area contributed by atoms with E-state index in [1.54, 1.807) is 0 Å². The van der Waals surface area contributed by atoms with Crippen molar-refractivity contribution >= 4 is 17.3 Å². The van der Waals surface area contributed by atoms with Crippen LogP contribution in [0.3, 0.4) is 0 Å². The van der Waals surface area contributed by atoms with Crippen molar-refractivity contribution in [3.63, 3.8) is 0 Å². The summed E-state index contributed by atoms with van der Waals surface area (Å²) >= 11 is 5.34. The molecule has 0 saturated carbocycles. The summed E-state index contributed by atoms with van der Waals surface area (Å²) in [6, 6.07) is 1.31. The molecule has 0 fully saturated rings. The molecule has 0 radical (unpaired) electrons. The van der Waals surface area contributed by atoms with Gasteiger partial charge in [-0.05, 0) is 0 Å². The number of nitro groups is 1. The smallest absolute Gasteiger partial charge is 0.305 e. The minimum atomic E-state index is -0.543. The average Bonchev–Trinajstić information content (AvgIpc) is 2.13. The Morgan fingerprint density at radius 1 is 1.78 bits per heavy atom. The minimum absolute atomic E-state index is 0.0694. The first-order valence-corrected chi connectivity index (χ1v) is 2.57. The Morgan fingerprint density at radius 3 is 2.67 bits per heavy atom. The van der Waals surface area contributed by atoms with Crippen LogP contribution in [0, 0.1) is 10.1 Å². The number of aromatic nitrogens is 1. The topological polar surface area (TPSA) is 58.9 Å². The summed E-state index contributed by atoms with van der Waals surface area (Å²) in [7, 11) is 0. The Balaban J connectivity index is 3.08. The monoisotopic (exact) mass is 146 g/mol. The van der Waals surface area contributed by atoms with Crippen LogP contribution in [-0.4, -0.2) is 9.91 Å². The number of nitrogens with one attached hydrogen (secondary N) is 1. The zero-order valence-electron chi connectivity index (χ0n) is 4.30. The third-order valence-electron chi connectivity index (χ3n) is 0.873. The lowest BCUT2D eigenvalue weighted by molar-refractivity contribution is -0.384. The summed E-state index contributed by atoms with van der Waals surface area (Å²) < 4.78 is 0. The second kappa shape index (κ2) is 2.06. The largest absolute Gasteiger partial charge is 0.347 e. The molecule has 0 unspecified atom stereocenters. The summed E-state index contributed by atoms with van der Waals surface area (Å²) in [4.78, 5) is 11.9. The number of rotatable bonds is 1. The van der Waals surface area contributed by atoms with Crippen molar-refractivity contribution in [1.29, 1.82) is 0 Å². The van der Waals surface area contributed by atoms with Gasteiger partial charge in [-0.2, -0.15) is 0 Å². The highest BCUT2D eigenvalue weighted by molar-refractivity contribution is 6.31. The first-order chi connectivity index (χ1) is 4.22. The maximum absolute atomic E-state index is 9.98. The second-order valence-corrected chi connectivity index (χ2v) is 1.81. The van der Waals surface area contributed by atoms with Crippen LogP contribution in [0.4, 0.5) is 5.69 Å². The molecule has 9 heavy (non-hydrogen) atoms. The van der Waals surface area contributed by atoms with Crippen LogP contribution in [-0.2, 0) is 0 Å². The van der Waals surface area contributed by atoms with Gasteiger partial charge in [0, 0.05) is 12.3 Å². The zero-order valence-corrected chi connectivity index (χ0v) is 5.05. The van der Waals surface area contributed by atoms with Crippen LogP contribution in [0.2, 0.25) is 5.15 Å². The van der Waals surface area contributed by atoms with E-state index in [1.807, 2.05) is 0 Å². The zero-order chi connectivity index (χ0) is 6.85. The van der Waals surface area contributed by atoms with E-state index in [9.17, 15) is 10.1 Å². The molecule has 0 saturated heterocycles. The second-order valence-electron chi connectivity index (χ2n) is 1.43. The van der Waals surface area contributed by atoms with Crippen LogP contribution in [0.5, 0.6) is 0 Å². The summed E-state index contributed by atoms with van der Waals surface area (Å²) in [6.45, 7) is 0. The summed E-state index contributed by atoms with van der Waals surface area (Å²) in [5.74, 6) is 0. The Labute approximate surface area is 55.6 Å². The van der Waals surface area contributed by atoms with Crippen molar-refractivity contribution in [2.75, 3.05) is 0 Å². The van der Waals surface area contributed by atoms with Crippen LogP contribution in [0.15, 0.2) is 12.3 Å². The van der Waals surface area contributed by atoms with Gasteiger partial charge < -0.3 is 4.98 Å². The Kier molecular flexibility index (Phi) is 1.40. The molecule has 1 rings (SSSR count). The van der Waals surface area contributed by atoms with Gasteiger partial charge in [0.2, 0.25) is 0 Å². The Hall–Kier alpha value is -1.03. The molecular weight excluding hydrogens is 144 g/mol. The van der Waals surface area contributed by atoms with Crippen LogP contribution in [0.1, 0.15) is 0 Å². The summed E-state index contributed by atoms with van der Waals surface area (Å²) in [5, 5.41) is 10.1. The molecule has 0 aliphatic carbocycles. The number of hydrogen-bond acceptors (Lipinski definition) is 2. The van der Waals surface area contributed by atoms with Gasteiger partial charge in [0.05, 0.1) is 4.92 Å². The fraction of sp³-hybridized carbons (Fsp3) is 0. The fourth-order valence-corrected chi connectivity index (χ4v) is 0.677. The SMILES string of the molecule is O=[N+]([O-])c1cc[nH]c1Cl. The van der Waals surface area contributed by atoms with Gasteiger partial charge in [-0.15, -0.1) is 0 Å². The van der Waals surface area contributed by atoms with Gasteiger partial charge in [-0.25, -0.2) is 0 Å². The third-order valence-corrected chi connectivity index (χ3v) is 1.18. The molecule has 1 N–H and O–H groups in total. The van der Waals surface area contributed by atoms with Gasteiger partial charge in [-0.3, -0.25) is 10.1 Å². The van der Waals surface area contributed by atoms with E-state index in [0.29, 0.717) is 0 Å². The molecule has 0 amide bonds. The molecule has 0 aliphatic heterocycles. The number of aromatic amines is 1. The highest BCUT2D eigenvalue weighted by Crippen LogP contribution is 2.20. The lowest BCUT2D eigenvalue weighted by atomic mass is 10.6. The van der Waals surface area contributed by atoms with E-state index in [0.717, 1.165) is 0 Å². The molecule has 0 atom stereocenters. The lowest BCUT2D eigenvalue weighted by Crippen LogP contribution is -1.84. The standard InChI is InChI=1S/C4H3ClN2O2/c5-4-3(7(8)9)1-2-6-4/h1-2,6H. The van der Waals surface area contributed by atoms with E-state index >= 15 is 0 Å². The quantitative estimate of drug-likeness (QED) is 0.483. The first kappa shape index (κ1) is 6.10. The molecule has 4 nitrogen and oxygen atoms in total. The van der Waals surface area contributed by atoms with Crippen LogP contribution < -0.4 is 0 Å². The van der Waals surface area contributed by atoms with E-state index in [2.05, 4.69) is 4.98 Å². The van der Waals surface area contributed by atoms with Gasteiger partial charge >= 0.3 is 5.69 Å². The van der Waals surface area contributed by atoms with Crippen molar-refractivity contribution in [2.45, 2.75) is 0 Å². The molecule has 0 aromatic carbocycles. The van der Waals surface area contributed by atoms with E-state index < -0.39 is 4.92 Å². The maximum Gasteiger partial charge on any atom is 0.305 e. The number of hydrogen-bond donors (Lipinski definition) is 1. The molecule has 1 heterocycles. The maximum atomic E-state index is 9.98. The van der Waals surface area contributed by atoms with Gasteiger partial charge in [0.1, 0.15) is 0 Å². The van der Waals surface area contributed by atoms with Gasteiger partial charge in [0.15, 0.2) is 5.15 Å². The minimum Gasteiger partial charge on any atom is -0.347 e. The molecular formula is C4H3ClN2O2. The van der Waals surface area contributed by atoms with Crippen molar-refractivity contribution in [3.8, 4) is 0 Å². The first-order valence-electron chi connectivity index (χ1n) is 2.19. The highest BCUT2D eigenvalue weighted by Gasteiger charge is 2.10. The van der Waals surface area contributed by atoms with Crippen LogP contribution in [0.25, 0.3) is 0 Å². The molecule has 1 aromatic heterocycles. The predicted octanol–water partition coefficient (Wildman–Crippen LogP) is 1.58. The van der Waals surface area contributed by atoms with Crippen molar-refractivity contribution in [3.05, 3.63) is 27.5 Å². The number of nitrogens with zero attached hydrogens (tertiary/aromatic N) is 1. The Morgan fingerprint density at radius 2 is 2.44 bits per heavy atom. The molecule has 0 aliphatic rings. The van der Waals surface area contributed by atoms with Gasteiger partial charge in [-0.1, -0.05) is 11.6 Å². The van der Waals surface area contributed by atoms with Crippen molar-refractivity contribution < 1.29 is 4.92 Å². The normalized spacial score (nSPS) is 9.44. The molecule has 0 spiro atoms. The predicted molar refractivity (Wildman–Crippen MR) is 32.5 cm³/mol. The van der Waals surface area contributed by atoms with Gasteiger partial charge in [0.25, 0.3) is 0 Å². The molecule has 1 aromatic rings. The lowest BCUT2D eigenvalue weighted by Gasteiger charge is -1.82. The van der Waals surface area contributed by atoms with Crippen LogP contribution >= 0.6 is 11.6 Å². The Bertz CT molecular complexity index is 232.